The highest BCUT2D eigenvalue weighted by Gasteiger charge is 2.11. The highest BCUT2D eigenvalue weighted by Crippen LogP contribution is 2.25. The molecular weight excluding hydrogens is 288 g/mol. The minimum Gasteiger partial charge on any atom is -0.478 e. The van der Waals surface area contributed by atoms with Crippen molar-refractivity contribution in [2.45, 2.75) is 32.9 Å². The molecule has 0 bridgehead atoms. The van der Waals surface area contributed by atoms with E-state index in [1.807, 2.05) is 16.8 Å². The summed E-state index contributed by atoms with van der Waals surface area (Å²) >= 11 is 0. The average molecular weight is 310 g/mol. The van der Waals surface area contributed by atoms with E-state index in [1.165, 1.54) is 5.56 Å². The van der Waals surface area contributed by atoms with Crippen molar-refractivity contribution < 1.29 is 4.74 Å². The molecule has 0 saturated heterocycles. The van der Waals surface area contributed by atoms with Gasteiger partial charge >= 0.3 is 0 Å². The number of methoxy groups -OCH3 is 1. The fraction of sp³-hybridized carbons (Fsp3) is 0.333. The van der Waals surface area contributed by atoms with Gasteiger partial charge in [0.2, 0.25) is 0 Å². The van der Waals surface area contributed by atoms with Gasteiger partial charge in [-0.2, -0.15) is 0 Å². The van der Waals surface area contributed by atoms with Crippen LogP contribution in [0.15, 0.2) is 42.9 Å². The molecule has 1 aromatic carbocycles. The molecule has 2 heterocycles. The van der Waals surface area contributed by atoms with Crippen LogP contribution in [-0.4, -0.2) is 27.5 Å². The number of benzene rings is 1. The topological polar surface area (TPSA) is 51.5 Å². The molecule has 0 aliphatic rings. The van der Waals surface area contributed by atoms with Crippen molar-refractivity contribution in [1.29, 1.82) is 0 Å². The Bertz CT molecular complexity index is 810. The van der Waals surface area contributed by atoms with Crippen LogP contribution in [0.5, 0.6) is 5.88 Å². The van der Waals surface area contributed by atoms with E-state index >= 15 is 0 Å². The van der Waals surface area contributed by atoms with Crippen molar-refractivity contribution in [1.82, 2.24) is 19.7 Å². The van der Waals surface area contributed by atoms with Gasteiger partial charge in [0.15, 0.2) is 5.65 Å². The van der Waals surface area contributed by atoms with Gasteiger partial charge in [0.1, 0.15) is 0 Å². The predicted octanol–water partition coefficient (Wildman–Crippen LogP) is 3.46. The number of aromatic nitrogens is 3. The molecule has 0 spiro atoms. The molecule has 2 aromatic heterocycles. The lowest BCUT2D eigenvalue weighted by atomic mass is 10.0. The molecule has 1 atom stereocenters. The van der Waals surface area contributed by atoms with Gasteiger partial charge < -0.3 is 14.5 Å². The van der Waals surface area contributed by atoms with Crippen LogP contribution in [0.25, 0.3) is 16.9 Å². The summed E-state index contributed by atoms with van der Waals surface area (Å²) in [6.07, 6.45) is 5.62. The fourth-order valence-electron chi connectivity index (χ4n) is 2.74. The van der Waals surface area contributed by atoms with Crippen molar-refractivity contribution in [3.63, 3.8) is 0 Å². The Balaban J connectivity index is 2.01. The number of nitrogens with zero attached hydrogens (tertiary/aromatic N) is 3. The zero-order valence-corrected chi connectivity index (χ0v) is 13.9. The van der Waals surface area contributed by atoms with E-state index in [0.717, 1.165) is 16.9 Å². The molecule has 5 nitrogen and oxygen atoms in total. The highest BCUT2D eigenvalue weighted by molar-refractivity contribution is 5.63. The SMILES string of the molecule is COc1nc(-c2cccc([C@@H](C)NC(C)C)c2)cn2ccnc12. The zero-order valence-electron chi connectivity index (χ0n) is 13.9. The smallest absolute Gasteiger partial charge is 0.258 e. The van der Waals surface area contributed by atoms with Crippen molar-refractivity contribution in [3.05, 3.63) is 48.4 Å². The molecule has 3 aromatic rings. The largest absolute Gasteiger partial charge is 0.478 e. The first kappa shape index (κ1) is 15.5. The standard InChI is InChI=1S/C18H22N4O/c1-12(2)20-13(3)14-6-5-7-15(10-14)16-11-22-9-8-19-17(22)18(21-16)23-4/h5-13,20H,1-4H3/t13-/m1/s1. The molecule has 23 heavy (non-hydrogen) atoms. The summed E-state index contributed by atoms with van der Waals surface area (Å²) < 4.78 is 7.31. The van der Waals surface area contributed by atoms with Crippen LogP contribution >= 0.6 is 0 Å². The van der Waals surface area contributed by atoms with Crippen LogP contribution in [-0.2, 0) is 0 Å². The van der Waals surface area contributed by atoms with Crippen LogP contribution in [0.4, 0.5) is 0 Å². The number of imidazole rings is 1. The van der Waals surface area contributed by atoms with Crippen LogP contribution in [0.1, 0.15) is 32.4 Å². The maximum atomic E-state index is 5.37. The average Bonchev–Trinajstić information content (AvgIpc) is 3.02. The third-order valence-corrected chi connectivity index (χ3v) is 3.80. The highest BCUT2D eigenvalue weighted by atomic mass is 16.5. The number of fused-ring (bicyclic) bond motifs is 1. The van der Waals surface area contributed by atoms with E-state index in [0.29, 0.717) is 11.9 Å². The Morgan fingerprint density at radius 1 is 1.22 bits per heavy atom. The number of nitrogens with one attached hydrogen (secondary N) is 1. The number of rotatable bonds is 5. The summed E-state index contributed by atoms with van der Waals surface area (Å²) in [4.78, 5) is 8.87. The molecular formula is C18H22N4O. The third kappa shape index (κ3) is 3.19. The predicted molar refractivity (Wildman–Crippen MR) is 91.7 cm³/mol. The van der Waals surface area contributed by atoms with Gasteiger partial charge in [-0.15, -0.1) is 0 Å². The van der Waals surface area contributed by atoms with E-state index in [4.69, 9.17) is 4.74 Å². The van der Waals surface area contributed by atoms with Crippen LogP contribution in [0, 0.1) is 0 Å². The molecule has 5 heteroatoms. The van der Waals surface area contributed by atoms with E-state index in [9.17, 15) is 0 Å². The molecule has 3 rings (SSSR count). The Morgan fingerprint density at radius 2 is 2.04 bits per heavy atom. The van der Waals surface area contributed by atoms with Crippen molar-refractivity contribution in [3.8, 4) is 17.1 Å². The number of hydrogen-bond donors (Lipinski definition) is 1. The van der Waals surface area contributed by atoms with Crippen molar-refractivity contribution >= 4 is 5.65 Å². The second-order valence-electron chi connectivity index (χ2n) is 5.96. The second kappa shape index (κ2) is 6.38. The lowest BCUT2D eigenvalue weighted by Gasteiger charge is -2.18. The lowest BCUT2D eigenvalue weighted by Crippen LogP contribution is -2.25. The van der Waals surface area contributed by atoms with E-state index in [-0.39, 0.29) is 6.04 Å². The van der Waals surface area contributed by atoms with Crippen LogP contribution < -0.4 is 10.1 Å². The van der Waals surface area contributed by atoms with E-state index < -0.39 is 0 Å². The molecule has 0 fully saturated rings. The third-order valence-electron chi connectivity index (χ3n) is 3.80. The van der Waals surface area contributed by atoms with E-state index in [2.05, 4.69) is 60.3 Å². The molecule has 0 radical (unpaired) electrons. The first-order chi connectivity index (χ1) is 11.1. The molecule has 120 valence electrons. The molecule has 0 aliphatic carbocycles. The normalized spacial score (nSPS) is 12.7. The minimum atomic E-state index is 0.286. The minimum absolute atomic E-state index is 0.286. The Kier molecular flexibility index (Phi) is 4.30. The zero-order chi connectivity index (χ0) is 16.4. The summed E-state index contributed by atoms with van der Waals surface area (Å²) in [7, 11) is 1.62. The molecule has 0 saturated carbocycles. The second-order valence-corrected chi connectivity index (χ2v) is 5.96. The van der Waals surface area contributed by atoms with Gasteiger partial charge in [-0.1, -0.05) is 32.0 Å². The van der Waals surface area contributed by atoms with Gasteiger partial charge in [0.25, 0.3) is 5.88 Å². The Hall–Kier alpha value is -2.40. The van der Waals surface area contributed by atoms with Crippen molar-refractivity contribution in [2.24, 2.45) is 0 Å². The van der Waals surface area contributed by atoms with Gasteiger partial charge in [0.05, 0.1) is 12.8 Å². The first-order valence-electron chi connectivity index (χ1n) is 7.82. The molecule has 0 unspecified atom stereocenters. The maximum absolute atomic E-state index is 5.37. The maximum Gasteiger partial charge on any atom is 0.258 e. The monoisotopic (exact) mass is 310 g/mol. The van der Waals surface area contributed by atoms with Gasteiger partial charge in [0, 0.05) is 36.2 Å². The van der Waals surface area contributed by atoms with Crippen LogP contribution in [0.3, 0.4) is 0 Å². The first-order valence-corrected chi connectivity index (χ1v) is 7.82. The molecule has 1 N–H and O–H groups in total. The summed E-state index contributed by atoms with van der Waals surface area (Å²) in [5, 5.41) is 3.53. The lowest BCUT2D eigenvalue weighted by molar-refractivity contribution is 0.400. The van der Waals surface area contributed by atoms with Crippen molar-refractivity contribution in [2.75, 3.05) is 7.11 Å². The van der Waals surface area contributed by atoms with Gasteiger partial charge in [-0.25, -0.2) is 9.97 Å². The Morgan fingerprint density at radius 3 is 2.78 bits per heavy atom. The van der Waals surface area contributed by atoms with E-state index in [1.54, 1.807) is 13.3 Å². The van der Waals surface area contributed by atoms with Gasteiger partial charge in [-0.05, 0) is 18.6 Å². The number of ether oxygens (including phenoxy) is 1. The molecule has 0 amide bonds. The fourth-order valence-corrected chi connectivity index (χ4v) is 2.74. The van der Waals surface area contributed by atoms with Gasteiger partial charge in [-0.3, -0.25) is 0 Å². The Labute approximate surface area is 136 Å². The van der Waals surface area contributed by atoms with Crippen LogP contribution in [0.2, 0.25) is 0 Å². The number of hydrogen-bond acceptors (Lipinski definition) is 4. The summed E-state index contributed by atoms with van der Waals surface area (Å²) in [5.41, 5.74) is 3.89. The summed E-state index contributed by atoms with van der Waals surface area (Å²) in [6, 6.07) is 9.16. The molecule has 0 aliphatic heterocycles. The summed E-state index contributed by atoms with van der Waals surface area (Å²) in [5.74, 6) is 0.534. The quantitative estimate of drug-likeness (QED) is 0.784. The summed E-state index contributed by atoms with van der Waals surface area (Å²) in [6.45, 7) is 6.48.